The fraction of sp³-hybridized carbons (Fsp3) is 1.00. The molecule has 120 valence electrons. The fourth-order valence-electron chi connectivity index (χ4n) is 2.91. The molecule has 2 heteroatoms. The van der Waals surface area contributed by atoms with E-state index in [-0.39, 0.29) is 0 Å². The topological polar surface area (TPSA) is 18.5 Å². The molecule has 1 aliphatic rings. The van der Waals surface area contributed by atoms with Crippen LogP contribution in [-0.2, 0) is 9.47 Å². The van der Waals surface area contributed by atoms with E-state index < -0.39 is 0 Å². The molecule has 0 spiro atoms. The predicted octanol–water partition coefficient (Wildman–Crippen LogP) is 5.49. The van der Waals surface area contributed by atoms with Crippen molar-refractivity contribution < 1.29 is 9.47 Å². The first-order valence-electron chi connectivity index (χ1n) is 9.06. The van der Waals surface area contributed by atoms with Crippen LogP contribution in [0.4, 0.5) is 0 Å². The van der Waals surface area contributed by atoms with E-state index in [1.165, 1.54) is 77.0 Å². The van der Waals surface area contributed by atoms with Gasteiger partial charge in [-0.2, -0.15) is 0 Å². The molecule has 0 aromatic carbocycles. The van der Waals surface area contributed by atoms with Gasteiger partial charge in [0.1, 0.15) is 0 Å². The lowest BCUT2D eigenvalue weighted by molar-refractivity contribution is -0.00989. The van der Waals surface area contributed by atoms with Crippen LogP contribution in [-0.4, -0.2) is 25.4 Å². The lowest BCUT2D eigenvalue weighted by atomic mass is 10.1. The van der Waals surface area contributed by atoms with E-state index in [0.29, 0.717) is 12.2 Å². The van der Waals surface area contributed by atoms with Crippen LogP contribution in [0.3, 0.4) is 0 Å². The largest absolute Gasteiger partial charge is 0.379 e. The molecular formula is C18H36O2. The maximum Gasteiger partial charge on any atom is 0.0813 e. The van der Waals surface area contributed by atoms with Crippen molar-refractivity contribution in [3.63, 3.8) is 0 Å². The Morgan fingerprint density at radius 2 is 1.45 bits per heavy atom. The van der Waals surface area contributed by atoms with Crippen molar-refractivity contribution in [2.45, 2.75) is 103 Å². The average molecular weight is 284 g/mol. The van der Waals surface area contributed by atoms with Crippen molar-refractivity contribution in [2.24, 2.45) is 0 Å². The smallest absolute Gasteiger partial charge is 0.0813 e. The van der Waals surface area contributed by atoms with Gasteiger partial charge < -0.3 is 9.47 Å². The quantitative estimate of drug-likeness (QED) is 0.416. The summed E-state index contributed by atoms with van der Waals surface area (Å²) >= 11 is 0. The summed E-state index contributed by atoms with van der Waals surface area (Å²) in [6.45, 7) is 6.16. The molecular weight excluding hydrogens is 248 g/mol. The van der Waals surface area contributed by atoms with Crippen LogP contribution < -0.4 is 0 Å². The molecule has 0 aromatic heterocycles. The zero-order valence-corrected chi connectivity index (χ0v) is 13.9. The summed E-state index contributed by atoms with van der Waals surface area (Å²) in [5.41, 5.74) is 0. The molecule has 2 nitrogen and oxygen atoms in total. The molecule has 0 amide bonds. The fourth-order valence-corrected chi connectivity index (χ4v) is 2.91. The van der Waals surface area contributed by atoms with Crippen LogP contribution in [0.15, 0.2) is 0 Å². The van der Waals surface area contributed by atoms with Crippen LogP contribution in [0.1, 0.15) is 90.9 Å². The van der Waals surface area contributed by atoms with Gasteiger partial charge in [0.15, 0.2) is 0 Å². The van der Waals surface area contributed by atoms with E-state index in [0.717, 1.165) is 13.2 Å². The van der Waals surface area contributed by atoms with Gasteiger partial charge in [0, 0.05) is 6.61 Å². The van der Waals surface area contributed by atoms with Crippen LogP contribution in [0.2, 0.25) is 0 Å². The minimum Gasteiger partial charge on any atom is -0.379 e. The summed E-state index contributed by atoms with van der Waals surface area (Å²) in [6, 6.07) is 0. The summed E-state index contributed by atoms with van der Waals surface area (Å²) in [4.78, 5) is 0. The summed E-state index contributed by atoms with van der Waals surface area (Å²) < 4.78 is 11.4. The zero-order valence-electron chi connectivity index (χ0n) is 13.9. The van der Waals surface area contributed by atoms with Crippen molar-refractivity contribution in [1.29, 1.82) is 0 Å². The molecule has 0 radical (unpaired) electrons. The highest BCUT2D eigenvalue weighted by Crippen LogP contribution is 2.19. The second-order valence-corrected chi connectivity index (χ2v) is 6.40. The maximum absolute atomic E-state index is 5.74. The number of ether oxygens (including phenoxy) is 2. The summed E-state index contributed by atoms with van der Waals surface area (Å²) in [7, 11) is 0. The van der Waals surface area contributed by atoms with E-state index in [2.05, 4.69) is 13.8 Å². The number of hydrogen-bond acceptors (Lipinski definition) is 2. The van der Waals surface area contributed by atoms with Gasteiger partial charge in [0.25, 0.3) is 0 Å². The van der Waals surface area contributed by atoms with Crippen LogP contribution in [0.5, 0.6) is 0 Å². The van der Waals surface area contributed by atoms with Gasteiger partial charge in [-0.1, -0.05) is 64.7 Å². The lowest BCUT2D eigenvalue weighted by Gasteiger charge is -2.11. The van der Waals surface area contributed by atoms with E-state index in [9.17, 15) is 0 Å². The maximum atomic E-state index is 5.74. The Morgan fingerprint density at radius 1 is 0.850 bits per heavy atom. The monoisotopic (exact) mass is 284 g/mol. The summed E-state index contributed by atoms with van der Waals surface area (Å²) in [6.07, 6.45) is 17.1. The average Bonchev–Trinajstić information content (AvgIpc) is 2.86. The van der Waals surface area contributed by atoms with Gasteiger partial charge in [0.2, 0.25) is 0 Å². The Morgan fingerprint density at radius 3 is 2.00 bits per heavy atom. The van der Waals surface area contributed by atoms with Crippen LogP contribution in [0.25, 0.3) is 0 Å². The first-order chi connectivity index (χ1) is 9.83. The number of unbranched alkanes of at least 4 members (excludes halogenated alkanes) is 9. The van der Waals surface area contributed by atoms with Gasteiger partial charge in [-0.3, -0.25) is 0 Å². The molecule has 0 aromatic rings. The Hall–Kier alpha value is -0.0800. The molecule has 0 N–H and O–H groups in total. The van der Waals surface area contributed by atoms with Crippen LogP contribution in [0, 0.1) is 0 Å². The lowest BCUT2D eigenvalue weighted by Crippen LogP contribution is -2.16. The van der Waals surface area contributed by atoms with E-state index >= 15 is 0 Å². The Bertz CT molecular complexity index is 206. The van der Waals surface area contributed by atoms with Gasteiger partial charge in [-0.15, -0.1) is 0 Å². The minimum absolute atomic E-state index is 0.369. The van der Waals surface area contributed by atoms with Crippen LogP contribution >= 0.6 is 0 Å². The molecule has 20 heavy (non-hydrogen) atoms. The van der Waals surface area contributed by atoms with Gasteiger partial charge in [-0.05, 0) is 26.2 Å². The third kappa shape index (κ3) is 9.77. The molecule has 1 heterocycles. The molecule has 0 bridgehead atoms. The highest BCUT2D eigenvalue weighted by atomic mass is 16.5. The highest BCUT2D eigenvalue weighted by Gasteiger charge is 2.21. The van der Waals surface area contributed by atoms with Gasteiger partial charge in [0.05, 0.1) is 18.8 Å². The SMILES string of the molecule is CCCCCCCCCCCCOC[C@@H]1CC[C@@H](C)O1. The predicted molar refractivity (Wildman–Crippen MR) is 86.2 cm³/mol. The zero-order chi connectivity index (χ0) is 14.5. The van der Waals surface area contributed by atoms with E-state index in [1.807, 2.05) is 0 Å². The standard InChI is InChI=1S/C18H36O2/c1-3-4-5-6-7-8-9-10-11-12-15-19-16-18-14-13-17(2)20-18/h17-18H,3-16H2,1-2H3/t17-,18+/m1/s1. The number of rotatable bonds is 13. The molecule has 0 unspecified atom stereocenters. The Labute approximate surface area is 126 Å². The Kier molecular flexibility index (Phi) is 11.4. The normalized spacial score (nSPS) is 22.5. The minimum atomic E-state index is 0.369. The third-order valence-corrected chi connectivity index (χ3v) is 4.27. The Balaban J connectivity index is 1.70. The first-order valence-corrected chi connectivity index (χ1v) is 9.06. The number of hydrogen-bond donors (Lipinski definition) is 0. The summed E-state index contributed by atoms with van der Waals surface area (Å²) in [5, 5.41) is 0. The van der Waals surface area contributed by atoms with Crippen molar-refractivity contribution in [3.8, 4) is 0 Å². The van der Waals surface area contributed by atoms with Crippen molar-refractivity contribution in [3.05, 3.63) is 0 Å². The second kappa shape index (κ2) is 12.6. The van der Waals surface area contributed by atoms with Crippen molar-refractivity contribution in [1.82, 2.24) is 0 Å². The third-order valence-electron chi connectivity index (χ3n) is 4.27. The van der Waals surface area contributed by atoms with E-state index in [4.69, 9.17) is 9.47 Å². The molecule has 1 aliphatic heterocycles. The first kappa shape index (κ1) is 18.0. The molecule has 1 rings (SSSR count). The van der Waals surface area contributed by atoms with E-state index in [1.54, 1.807) is 0 Å². The molecule has 0 aliphatic carbocycles. The van der Waals surface area contributed by atoms with Crippen molar-refractivity contribution >= 4 is 0 Å². The molecule has 1 fully saturated rings. The molecule has 0 saturated carbocycles. The van der Waals surface area contributed by atoms with Gasteiger partial charge in [-0.25, -0.2) is 0 Å². The van der Waals surface area contributed by atoms with Crippen molar-refractivity contribution in [2.75, 3.05) is 13.2 Å². The second-order valence-electron chi connectivity index (χ2n) is 6.40. The summed E-state index contributed by atoms with van der Waals surface area (Å²) in [5.74, 6) is 0. The molecule has 1 saturated heterocycles. The molecule has 2 atom stereocenters. The van der Waals surface area contributed by atoms with Gasteiger partial charge >= 0.3 is 0 Å². The highest BCUT2D eigenvalue weighted by molar-refractivity contribution is 4.69.